The molecule has 1 aliphatic rings. The Bertz CT molecular complexity index is 1180. The highest BCUT2D eigenvalue weighted by atomic mass is 16.2. The van der Waals surface area contributed by atoms with Gasteiger partial charge in [-0.1, -0.05) is 18.2 Å². The maximum atomic E-state index is 13.2. The van der Waals surface area contributed by atoms with E-state index in [-0.39, 0.29) is 11.9 Å². The minimum atomic E-state index is -0.0380. The van der Waals surface area contributed by atoms with Crippen LogP contribution in [0.5, 0.6) is 0 Å². The molecule has 0 saturated carbocycles. The number of amides is 1. The molecule has 1 atom stereocenters. The minimum absolute atomic E-state index is 0.0380. The topological polar surface area (TPSA) is 79.7 Å². The smallest absolute Gasteiger partial charge is 0.227 e. The van der Waals surface area contributed by atoms with Crippen LogP contribution in [0.3, 0.4) is 0 Å². The molecule has 5 rings (SSSR count). The Labute approximate surface area is 168 Å². The van der Waals surface area contributed by atoms with Crippen molar-refractivity contribution < 1.29 is 4.79 Å². The van der Waals surface area contributed by atoms with Gasteiger partial charge in [0, 0.05) is 36.0 Å². The minimum Gasteiger partial charge on any atom is -0.361 e. The number of hydrogen-bond donors (Lipinski definition) is 1. The molecule has 0 aliphatic carbocycles. The van der Waals surface area contributed by atoms with Gasteiger partial charge >= 0.3 is 0 Å². The van der Waals surface area contributed by atoms with Crippen LogP contribution in [0.25, 0.3) is 16.7 Å². The van der Waals surface area contributed by atoms with E-state index in [1.807, 2.05) is 47.0 Å². The SMILES string of the molecule is Cc1nccn1-c1cncc([C@H]2CCCN2C(=O)Cc2c[nH]c3ccccc23)n1. The summed E-state index contributed by atoms with van der Waals surface area (Å²) < 4.78 is 1.91. The third-order valence-corrected chi connectivity index (χ3v) is 5.64. The number of benzene rings is 1. The van der Waals surface area contributed by atoms with Gasteiger partial charge in [0.25, 0.3) is 0 Å². The lowest BCUT2D eigenvalue weighted by atomic mass is 10.1. The van der Waals surface area contributed by atoms with Crippen molar-refractivity contribution in [3.63, 3.8) is 0 Å². The molecule has 0 bridgehead atoms. The lowest BCUT2D eigenvalue weighted by Crippen LogP contribution is -2.32. The molecule has 3 aromatic heterocycles. The van der Waals surface area contributed by atoms with Crippen molar-refractivity contribution >= 4 is 16.8 Å². The van der Waals surface area contributed by atoms with Crippen molar-refractivity contribution in [1.82, 2.24) is 29.4 Å². The lowest BCUT2D eigenvalue weighted by molar-refractivity contribution is -0.131. The van der Waals surface area contributed by atoms with Crippen LogP contribution in [0, 0.1) is 6.92 Å². The molecule has 4 aromatic rings. The van der Waals surface area contributed by atoms with Gasteiger partial charge < -0.3 is 9.88 Å². The first-order valence-corrected chi connectivity index (χ1v) is 9.87. The lowest BCUT2D eigenvalue weighted by Gasteiger charge is -2.24. The molecular weight excluding hydrogens is 364 g/mol. The number of nitrogens with one attached hydrogen (secondary N) is 1. The number of imidazole rings is 1. The van der Waals surface area contributed by atoms with Crippen molar-refractivity contribution in [3.8, 4) is 5.82 Å². The van der Waals surface area contributed by atoms with Crippen molar-refractivity contribution in [2.75, 3.05) is 6.54 Å². The number of para-hydroxylation sites is 1. The number of likely N-dealkylation sites (tertiary alicyclic amines) is 1. The molecule has 0 radical (unpaired) electrons. The standard InChI is InChI=1S/C22H22N6O/c1-15-24-8-10-27(15)21-14-23-13-19(26-21)20-7-4-9-28(20)22(29)11-16-12-25-18-6-3-2-5-17(16)18/h2-3,5-6,8,10,12-14,20,25H,4,7,9,11H2,1H3/t20-/m1/s1. The average Bonchev–Trinajstić information content (AvgIpc) is 3.48. The maximum Gasteiger partial charge on any atom is 0.227 e. The summed E-state index contributed by atoms with van der Waals surface area (Å²) in [5, 5.41) is 1.11. The van der Waals surface area contributed by atoms with Crippen LogP contribution in [0.2, 0.25) is 0 Å². The normalized spacial score (nSPS) is 16.6. The number of aromatic nitrogens is 5. The molecule has 1 saturated heterocycles. The predicted octanol–water partition coefficient (Wildman–Crippen LogP) is 3.36. The van der Waals surface area contributed by atoms with Gasteiger partial charge in [0.05, 0.1) is 30.6 Å². The van der Waals surface area contributed by atoms with Crippen molar-refractivity contribution in [3.05, 3.63) is 72.3 Å². The molecule has 1 fully saturated rings. The summed E-state index contributed by atoms with van der Waals surface area (Å²) in [6.07, 6.45) is 11.3. The zero-order valence-electron chi connectivity index (χ0n) is 16.2. The fourth-order valence-electron chi connectivity index (χ4n) is 4.18. The van der Waals surface area contributed by atoms with Gasteiger partial charge in [-0.3, -0.25) is 14.3 Å². The van der Waals surface area contributed by atoms with Crippen LogP contribution in [0.4, 0.5) is 0 Å². The number of fused-ring (bicyclic) bond motifs is 1. The zero-order chi connectivity index (χ0) is 19.8. The van der Waals surface area contributed by atoms with E-state index in [1.165, 1.54) is 0 Å². The maximum absolute atomic E-state index is 13.2. The number of aryl methyl sites for hydroxylation is 1. The highest BCUT2D eigenvalue weighted by molar-refractivity contribution is 5.89. The van der Waals surface area contributed by atoms with E-state index >= 15 is 0 Å². The summed E-state index contributed by atoms with van der Waals surface area (Å²) in [4.78, 5) is 31.8. The number of hydrogen-bond acceptors (Lipinski definition) is 4. The Balaban J connectivity index is 1.40. The molecule has 1 N–H and O–H groups in total. The summed E-state index contributed by atoms with van der Waals surface area (Å²) >= 11 is 0. The number of carbonyl (C=O) groups is 1. The molecule has 1 aliphatic heterocycles. The molecule has 146 valence electrons. The third kappa shape index (κ3) is 3.18. The molecule has 0 unspecified atom stereocenters. The van der Waals surface area contributed by atoms with Gasteiger partial charge in [-0.2, -0.15) is 0 Å². The quantitative estimate of drug-likeness (QED) is 0.583. The van der Waals surface area contributed by atoms with Gasteiger partial charge in [-0.05, 0) is 31.4 Å². The molecule has 1 amide bonds. The van der Waals surface area contributed by atoms with E-state index < -0.39 is 0 Å². The van der Waals surface area contributed by atoms with Crippen LogP contribution < -0.4 is 0 Å². The first kappa shape index (κ1) is 17.6. The zero-order valence-corrected chi connectivity index (χ0v) is 16.2. The highest BCUT2D eigenvalue weighted by Crippen LogP contribution is 2.32. The Morgan fingerprint density at radius 1 is 1.28 bits per heavy atom. The molecule has 7 heteroatoms. The summed E-state index contributed by atoms with van der Waals surface area (Å²) in [5.41, 5.74) is 2.92. The first-order valence-electron chi connectivity index (χ1n) is 9.87. The van der Waals surface area contributed by atoms with E-state index in [0.29, 0.717) is 6.42 Å². The second-order valence-electron chi connectivity index (χ2n) is 7.43. The summed E-state index contributed by atoms with van der Waals surface area (Å²) in [5.74, 6) is 1.71. The number of nitrogens with zero attached hydrogens (tertiary/aromatic N) is 5. The Morgan fingerprint density at radius 2 is 2.17 bits per heavy atom. The van der Waals surface area contributed by atoms with E-state index in [9.17, 15) is 4.79 Å². The number of carbonyl (C=O) groups excluding carboxylic acids is 1. The molecule has 7 nitrogen and oxygen atoms in total. The molecule has 1 aromatic carbocycles. The second-order valence-corrected chi connectivity index (χ2v) is 7.43. The predicted molar refractivity (Wildman–Crippen MR) is 110 cm³/mol. The van der Waals surface area contributed by atoms with Crippen LogP contribution in [0.15, 0.2) is 55.2 Å². The summed E-state index contributed by atoms with van der Waals surface area (Å²) in [6.45, 7) is 2.68. The van der Waals surface area contributed by atoms with E-state index in [2.05, 4.69) is 21.0 Å². The Morgan fingerprint density at radius 3 is 3.03 bits per heavy atom. The number of rotatable bonds is 4. The van der Waals surface area contributed by atoms with Crippen molar-refractivity contribution in [2.45, 2.75) is 32.2 Å². The third-order valence-electron chi connectivity index (χ3n) is 5.64. The molecule has 0 spiro atoms. The van der Waals surface area contributed by atoms with E-state index in [4.69, 9.17) is 4.98 Å². The van der Waals surface area contributed by atoms with Gasteiger partial charge in [0.1, 0.15) is 5.82 Å². The fraction of sp³-hybridized carbons (Fsp3) is 0.273. The highest BCUT2D eigenvalue weighted by Gasteiger charge is 2.31. The van der Waals surface area contributed by atoms with Crippen LogP contribution in [0.1, 0.15) is 36.0 Å². The Kier molecular flexibility index (Phi) is 4.35. The van der Waals surface area contributed by atoms with Gasteiger partial charge in [0.15, 0.2) is 5.82 Å². The van der Waals surface area contributed by atoms with Gasteiger partial charge in [-0.25, -0.2) is 9.97 Å². The van der Waals surface area contributed by atoms with E-state index in [1.54, 1.807) is 18.6 Å². The summed E-state index contributed by atoms with van der Waals surface area (Å²) in [7, 11) is 0. The average molecular weight is 386 g/mol. The fourth-order valence-corrected chi connectivity index (χ4v) is 4.18. The number of H-pyrrole nitrogens is 1. The van der Waals surface area contributed by atoms with Crippen LogP contribution >= 0.6 is 0 Å². The van der Waals surface area contributed by atoms with Crippen LogP contribution in [-0.2, 0) is 11.2 Å². The van der Waals surface area contributed by atoms with Gasteiger partial charge in [-0.15, -0.1) is 0 Å². The molecule has 4 heterocycles. The van der Waals surface area contributed by atoms with Crippen LogP contribution in [-0.4, -0.2) is 41.9 Å². The molecule has 29 heavy (non-hydrogen) atoms. The molecular formula is C22H22N6O. The van der Waals surface area contributed by atoms with Crippen molar-refractivity contribution in [1.29, 1.82) is 0 Å². The van der Waals surface area contributed by atoms with E-state index in [0.717, 1.165) is 53.2 Å². The number of aromatic amines is 1. The monoisotopic (exact) mass is 386 g/mol. The second kappa shape index (κ2) is 7.16. The van der Waals surface area contributed by atoms with Gasteiger partial charge in [0.2, 0.25) is 5.91 Å². The largest absolute Gasteiger partial charge is 0.361 e. The van der Waals surface area contributed by atoms with Crippen molar-refractivity contribution in [2.24, 2.45) is 0 Å². The first-order chi connectivity index (χ1) is 14.2. The Hall–Kier alpha value is -3.48. The summed E-state index contributed by atoms with van der Waals surface area (Å²) in [6, 6.07) is 8.04.